The first kappa shape index (κ1) is 10.2. The van der Waals surface area contributed by atoms with Crippen LogP contribution in [0.5, 0.6) is 0 Å². The predicted octanol–water partition coefficient (Wildman–Crippen LogP) is -0.326. The van der Waals surface area contributed by atoms with Crippen LogP contribution in [0.15, 0.2) is 24.3 Å². The molecule has 0 spiro atoms. The third-order valence-corrected chi connectivity index (χ3v) is 1.64. The number of hydrogen-bond acceptors (Lipinski definition) is 0. The Kier molecular flexibility index (Phi) is 5.06. The molecule has 0 saturated heterocycles. The molecule has 0 aliphatic carbocycles. The van der Waals surface area contributed by atoms with Gasteiger partial charge >= 0.3 is 29.6 Å². The summed E-state index contributed by atoms with van der Waals surface area (Å²) in [5, 5.41) is 0. The molecule has 0 aliphatic heterocycles. The van der Waals surface area contributed by atoms with Gasteiger partial charge in [-0.1, -0.05) is 31.2 Å². The van der Waals surface area contributed by atoms with E-state index in [1.807, 2.05) is 0 Å². The fourth-order valence-electron chi connectivity index (χ4n) is 1.01. The normalized spacial score (nSPS) is 8.60. The molecule has 10 heavy (non-hydrogen) atoms. The van der Waals surface area contributed by atoms with E-state index < -0.39 is 0 Å². The van der Waals surface area contributed by atoms with E-state index in [1.165, 1.54) is 11.1 Å². The van der Waals surface area contributed by atoms with Gasteiger partial charge in [-0.3, -0.25) is 0 Å². The molecule has 1 heteroatoms. The number of aryl methyl sites for hydroxylation is 2. The second kappa shape index (κ2) is 4.95. The smallest absolute Gasteiger partial charge is 1.00 e. The van der Waals surface area contributed by atoms with Crippen molar-refractivity contribution in [3.63, 3.8) is 0 Å². The maximum Gasteiger partial charge on any atom is 1.00 e. The molecule has 0 amide bonds. The molecule has 1 rings (SSSR count). The first-order valence-electron chi connectivity index (χ1n) is 3.39. The Morgan fingerprint density at radius 3 is 2.30 bits per heavy atom. The van der Waals surface area contributed by atoms with Gasteiger partial charge in [0.2, 0.25) is 0 Å². The van der Waals surface area contributed by atoms with Gasteiger partial charge in [0.15, 0.2) is 0 Å². The van der Waals surface area contributed by atoms with Gasteiger partial charge in [-0.05, 0) is 24.5 Å². The van der Waals surface area contributed by atoms with Crippen molar-refractivity contribution in [3.05, 3.63) is 35.4 Å². The zero-order valence-electron chi connectivity index (χ0n) is 8.02. The first-order chi connectivity index (χ1) is 4.34. The Labute approximate surface area is 86.4 Å². The van der Waals surface area contributed by atoms with Crippen molar-refractivity contribution in [1.29, 1.82) is 0 Å². The summed E-state index contributed by atoms with van der Waals surface area (Å²) in [5.74, 6) is 0. The van der Waals surface area contributed by atoms with Crippen molar-refractivity contribution in [1.82, 2.24) is 0 Å². The van der Waals surface area contributed by atoms with Crippen LogP contribution in [0, 0.1) is 6.92 Å². The number of hydrogen-bond donors (Lipinski definition) is 0. The molecule has 0 fully saturated rings. The SMILES string of the molecule is CCc1ccccc1C.[H-].[Na+]. The van der Waals surface area contributed by atoms with Crippen molar-refractivity contribution < 1.29 is 31.0 Å². The van der Waals surface area contributed by atoms with Crippen LogP contribution < -0.4 is 29.6 Å². The molecule has 0 unspecified atom stereocenters. The van der Waals surface area contributed by atoms with Crippen molar-refractivity contribution in [2.75, 3.05) is 0 Å². The zero-order chi connectivity index (χ0) is 6.69. The largest absolute Gasteiger partial charge is 1.00 e. The van der Waals surface area contributed by atoms with Gasteiger partial charge in [-0.2, -0.15) is 0 Å². The summed E-state index contributed by atoms with van der Waals surface area (Å²) in [6.07, 6.45) is 1.15. The third-order valence-electron chi connectivity index (χ3n) is 1.64. The van der Waals surface area contributed by atoms with Crippen LogP contribution >= 0.6 is 0 Å². The summed E-state index contributed by atoms with van der Waals surface area (Å²) in [5.41, 5.74) is 2.86. The Morgan fingerprint density at radius 2 is 1.90 bits per heavy atom. The summed E-state index contributed by atoms with van der Waals surface area (Å²) in [7, 11) is 0. The van der Waals surface area contributed by atoms with Gasteiger partial charge in [-0.15, -0.1) is 0 Å². The van der Waals surface area contributed by atoms with Gasteiger partial charge in [0.05, 0.1) is 0 Å². The van der Waals surface area contributed by atoms with E-state index in [-0.39, 0.29) is 31.0 Å². The molecule has 0 atom stereocenters. The monoisotopic (exact) mass is 144 g/mol. The van der Waals surface area contributed by atoms with E-state index >= 15 is 0 Å². The summed E-state index contributed by atoms with van der Waals surface area (Å²) in [6.45, 7) is 4.33. The Morgan fingerprint density at radius 1 is 1.30 bits per heavy atom. The molecular weight excluding hydrogens is 131 g/mol. The Bertz CT molecular complexity index is 199. The molecule has 0 radical (unpaired) electrons. The summed E-state index contributed by atoms with van der Waals surface area (Å²) < 4.78 is 0. The first-order valence-corrected chi connectivity index (χ1v) is 3.39. The van der Waals surface area contributed by atoms with E-state index in [9.17, 15) is 0 Å². The minimum Gasteiger partial charge on any atom is -1.00 e. The van der Waals surface area contributed by atoms with Gasteiger partial charge in [0, 0.05) is 0 Å². The van der Waals surface area contributed by atoms with Crippen LogP contribution in [0.4, 0.5) is 0 Å². The molecule has 0 aliphatic rings. The van der Waals surface area contributed by atoms with Crippen LogP contribution in [-0.4, -0.2) is 0 Å². The quantitative estimate of drug-likeness (QED) is 0.474. The Hall–Kier alpha value is 0.220. The van der Waals surface area contributed by atoms with E-state index in [0.717, 1.165) is 6.42 Å². The van der Waals surface area contributed by atoms with Crippen LogP contribution in [0.3, 0.4) is 0 Å². The van der Waals surface area contributed by atoms with E-state index in [2.05, 4.69) is 38.1 Å². The van der Waals surface area contributed by atoms with Crippen LogP contribution in [0.25, 0.3) is 0 Å². The molecule has 1 aromatic rings. The summed E-state index contributed by atoms with van der Waals surface area (Å²) in [6, 6.07) is 8.49. The average molecular weight is 144 g/mol. The number of benzene rings is 1. The van der Waals surface area contributed by atoms with Crippen molar-refractivity contribution in [2.24, 2.45) is 0 Å². The standard InChI is InChI=1S/C9H12.Na.H/c1-3-9-7-5-4-6-8(9)2;;/h4-7H,3H2,1-2H3;;/q;+1;-1. The molecule has 0 heterocycles. The van der Waals surface area contributed by atoms with Gasteiger partial charge < -0.3 is 1.43 Å². The third kappa shape index (κ3) is 2.45. The van der Waals surface area contributed by atoms with Gasteiger partial charge in [0.1, 0.15) is 0 Å². The Balaban J connectivity index is 0. The fraction of sp³-hybridized carbons (Fsp3) is 0.333. The second-order valence-electron chi connectivity index (χ2n) is 2.28. The molecule has 50 valence electrons. The van der Waals surface area contributed by atoms with E-state index in [4.69, 9.17) is 0 Å². The summed E-state index contributed by atoms with van der Waals surface area (Å²) >= 11 is 0. The fourth-order valence-corrected chi connectivity index (χ4v) is 1.01. The predicted molar refractivity (Wildman–Crippen MR) is 41.7 cm³/mol. The second-order valence-corrected chi connectivity index (χ2v) is 2.28. The topological polar surface area (TPSA) is 0 Å². The van der Waals surface area contributed by atoms with Crippen LogP contribution in [0.2, 0.25) is 0 Å². The zero-order valence-corrected chi connectivity index (χ0v) is 9.02. The molecule has 0 saturated carbocycles. The molecule has 1 aromatic carbocycles. The molecule has 0 bridgehead atoms. The molecule has 0 N–H and O–H groups in total. The van der Waals surface area contributed by atoms with Gasteiger partial charge in [0.25, 0.3) is 0 Å². The van der Waals surface area contributed by atoms with E-state index in [0.29, 0.717) is 0 Å². The average Bonchev–Trinajstić information content (AvgIpc) is 1.89. The molecular formula is C9H13Na. The molecule has 0 nitrogen and oxygen atoms in total. The van der Waals surface area contributed by atoms with Crippen LogP contribution in [0.1, 0.15) is 19.5 Å². The van der Waals surface area contributed by atoms with Crippen LogP contribution in [-0.2, 0) is 6.42 Å². The number of rotatable bonds is 1. The van der Waals surface area contributed by atoms with Crippen molar-refractivity contribution in [2.45, 2.75) is 20.3 Å². The van der Waals surface area contributed by atoms with Crippen molar-refractivity contribution >= 4 is 0 Å². The van der Waals surface area contributed by atoms with Gasteiger partial charge in [-0.25, -0.2) is 0 Å². The minimum atomic E-state index is 0. The maximum atomic E-state index is 2.18. The summed E-state index contributed by atoms with van der Waals surface area (Å²) in [4.78, 5) is 0. The van der Waals surface area contributed by atoms with E-state index in [1.54, 1.807) is 0 Å². The van der Waals surface area contributed by atoms with Crippen molar-refractivity contribution in [3.8, 4) is 0 Å². The maximum absolute atomic E-state index is 2.18. The minimum absolute atomic E-state index is 0. The molecule has 0 aromatic heterocycles.